The molecular weight excluding hydrogens is 368 g/mol. The minimum Gasteiger partial charge on any atom is -0.508 e. The van der Waals surface area contributed by atoms with Crippen molar-refractivity contribution < 1.29 is 23.1 Å². The summed E-state index contributed by atoms with van der Waals surface area (Å²) in [6, 6.07) is 13.0. The maximum Gasteiger partial charge on any atom is 0.260 e. The molecule has 0 aliphatic carbocycles. The molecule has 1 aliphatic heterocycles. The fourth-order valence-electron chi connectivity index (χ4n) is 2.85. The fraction of sp³-hybridized carbons (Fsp3) is 0.316. The molecular formula is C19H22N2O5S. The van der Waals surface area contributed by atoms with Crippen molar-refractivity contribution in [2.24, 2.45) is 0 Å². The summed E-state index contributed by atoms with van der Waals surface area (Å²) in [6.07, 6.45) is 0. The number of aromatic hydroxyl groups is 1. The monoisotopic (exact) mass is 390 g/mol. The first kappa shape index (κ1) is 19.2. The van der Waals surface area contributed by atoms with Crippen LogP contribution in [0.25, 0.3) is 0 Å². The van der Waals surface area contributed by atoms with Crippen LogP contribution in [0.2, 0.25) is 0 Å². The van der Waals surface area contributed by atoms with E-state index < -0.39 is 10.0 Å². The van der Waals surface area contributed by atoms with Gasteiger partial charge in [0.2, 0.25) is 10.0 Å². The Morgan fingerprint density at radius 2 is 1.74 bits per heavy atom. The number of rotatable bonds is 5. The average Bonchev–Trinajstić information content (AvgIpc) is 2.66. The zero-order valence-electron chi connectivity index (χ0n) is 15.0. The van der Waals surface area contributed by atoms with Crippen LogP contribution in [0.15, 0.2) is 53.4 Å². The van der Waals surface area contributed by atoms with Crippen molar-refractivity contribution in [1.29, 1.82) is 0 Å². The number of aryl methyl sites for hydroxylation is 1. The molecule has 2 aromatic carbocycles. The molecule has 144 valence electrons. The second-order valence-corrected chi connectivity index (χ2v) is 8.32. The molecule has 1 heterocycles. The third-order valence-corrected chi connectivity index (χ3v) is 6.34. The third-order valence-electron chi connectivity index (χ3n) is 4.43. The largest absolute Gasteiger partial charge is 0.508 e. The van der Waals surface area contributed by atoms with Gasteiger partial charge in [-0.05, 0) is 31.2 Å². The first-order chi connectivity index (χ1) is 12.9. The number of benzene rings is 2. The van der Waals surface area contributed by atoms with E-state index in [9.17, 15) is 18.3 Å². The minimum atomic E-state index is -3.55. The predicted octanol–water partition coefficient (Wildman–Crippen LogP) is 1.61. The van der Waals surface area contributed by atoms with E-state index in [4.69, 9.17) is 4.74 Å². The maximum absolute atomic E-state index is 12.7. The zero-order valence-corrected chi connectivity index (χ0v) is 15.9. The molecule has 3 rings (SSSR count). The first-order valence-electron chi connectivity index (χ1n) is 8.63. The number of ether oxygens (including phenoxy) is 1. The van der Waals surface area contributed by atoms with Crippen molar-refractivity contribution in [3.63, 3.8) is 0 Å². The molecule has 0 atom stereocenters. The van der Waals surface area contributed by atoms with Crippen molar-refractivity contribution in [1.82, 2.24) is 9.21 Å². The molecule has 1 amide bonds. The summed E-state index contributed by atoms with van der Waals surface area (Å²) in [4.78, 5) is 14.1. The Balaban J connectivity index is 1.55. The molecule has 0 saturated carbocycles. The Hall–Kier alpha value is -2.58. The van der Waals surface area contributed by atoms with E-state index >= 15 is 0 Å². The van der Waals surface area contributed by atoms with Gasteiger partial charge in [-0.25, -0.2) is 8.42 Å². The molecule has 1 aliphatic rings. The van der Waals surface area contributed by atoms with Crippen LogP contribution >= 0.6 is 0 Å². The number of phenols is 1. The molecule has 0 spiro atoms. The van der Waals surface area contributed by atoms with E-state index in [2.05, 4.69) is 0 Å². The average molecular weight is 390 g/mol. The molecule has 8 heteroatoms. The van der Waals surface area contributed by atoms with E-state index in [0.29, 0.717) is 18.8 Å². The lowest BCUT2D eigenvalue weighted by molar-refractivity contribution is -0.134. The van der Waals surface area contributed by atoms with Crippen LogP contribution in [0.1, 0.15) is 5.56 Å². The van der Waals surface area contributed by atoms with E-state index in [0.717, 1.165) is 5.56 Å². The van der Waals surface area contributed by atoms with Gasteiger partial charge in [-0.15, -0.1) is 0 Å². The summed E-state index contributed by atoms with van der Waals surface area (Å²) in [5.74, 6) is 0.254. The quantitative estimate of drug-likeness (QED) is 0.838. The number of carbonyl (C=O) groups is 1. The number of amides is 1. The molecule has 1 fully saturated rings. The van der Waals surface area contributed by atoms with Crippen molar-refractivity contribution in [3.8, 4) is 11.5 Å². The summed E-state index contributed by atoms with van der Waals surface area (Å²) in [5.41, 5.74) is 0.996. The van der Waals surface area contributed by atoms with Crippen LogP contribution in [0.4, 0.5) is 0 Å². The van der Waals surface area contributed by atoms with Gasteiger partial charge in [0.05, 0.1) is 4.90 Å². The van der Waals surface area contributed by atoms with E-state index in [1.165, 1.54) is 16.4 Å². The normalized spacial score (nSPS) is 15.5. The molecule has 1 N–H and O–H groups in total. The van der Waals surface area contributed by atoms with Gasteiger partial charge in [-0.1, -0.05) is 23.8 Å². The van der Waals surface area contributed by atoms with Gasteiger partial charge in [0, 0.05) is 32.2 Å². The molecule has 1 saturated heterocycles. The first-order valence-corrected chi connectivity index (χ1v) is 10.1. The number of phenolic OH excluding ortho intramolecular Hbond substituents is 1. The van der Waals surface area contributed by atoms with Crippen LogP contribution in [-0.4, -0.2) is 61.4 Å². The highest BCUT2D eigenvalue weighted by atomic mass is 32.2. The molecule has 27 heavy (non-hydrogen) atoms. The number of hydrogen-bond donors (Lipinski definition) is 1. The maximum atomic E-state index is 12.7. The Bertz CT molecular complexity index is 904. The highest BCUT2D eigenvalue weighted by Crippen LogP contribution is 2.19. The van der Waals surface area contributed by atoms with Crippen LogP contribution in [0, 0.1) is 6.92 Å². The van der Waals surface area contributed by atoms with Gasteiger partial charge in [0.15, 0.2) is 6.61 Å². The van der Waals surface area contributed by atoms with Crippen LogP contribution in [0.3, 0.4) is 0 Å². The second-order valence-electron chi connectivity index (χ2n) is 6.38. The smallest absolute Gasteiger partial charge is 0.260 e. The summed E-state index contributed by atoms with van der Waals surface area (Å²) < 4.78 is 32.2. The molecule has 7 nitrogen and oxygen atoms in total. The number of piperazine rings is 1. The van der Waals surface area contributed by atoms with Gasteiger partial charge >= 0.3 is 0 Å². The van der Waals surface area contributed by atoms with E-state index in [-0.39, 0.29) is 36.2 Å². The van der Waals surface area contributed by atoms with Crippen molar-refractivity contribution >= 4 is 15.9 Å². The summed E-state index contributed by atoms with van der Waals surface area (Å²) in [5, 5.41) is 9.40. The standard InChI is InChI=1S/C19H22N2O5S/c1-15-5-7-18(8-6-15)27(24,25)21-11-9-20(10-12-21)19(23)14-26-17-4-2-3-16(22)13-17/h2-8,13,22H,9-12,14H2,1H3. The number of carbonyl (C=O) groups excluding carboxylic acids is 1. The minimum absolute atomic E-state index is 0.0647. The van der Waals surface area contributed by atoms with E-state index in [1.54, 1.807) is 41.3 Å². The Kier molecular flexibility index (Phi) is 5.67. The highest BCUT2D eigenvalue weighted by molar-refractivity contribution is 7.89. The summed E-state index contributed by atoms with van der Waals surface area (Å²) in [7, 11) is -3.55. The lowest BCUT2D eigenvalue weighted by Crippen LogP contribution is -2.51. The zero-order chi connectivity index (χ0) is 19.4. The van der Waals surface area contributed by atoms with Gasteiger partial charge < -0.3 is 14.7 Å². The molecule has 2 aromatic rings. The summed E-state index contributed by atoms with van der Waals surface area (Å²) >= 11 is 0. The fourth-order valence-corrected chi connectivity index (χ4v) is 4.27. The number of hydrogen-bond acceptors (Lipinski definition) is 5. The molecule has 0 radical (unpaired) electrons. The van der Waals surface area contributed by atoms with Gasteiger partial charge in [0.25, 0.3) is 5.91 Å². The van der Waals surface area contributed by atoms with Gasteiger partial charge in [0.1, 0.15) is 11.5 Å². The van der Waals surface area contributed by atoms with Gasteiger partial charge in [-0.2, -0.15) is 4.31 Å². The molecule has 0 aromatic heterocycles. The van der Waals surface area contributed by atoms with Crippen molar-refractivity contribution in [3.05, 3.63) is 54.1 Å². The lowest BCUT2D eigenvalue weighted by atomic mass is 10.2. The lowest BCUT2D eigenvalue weighted by Gasteiger charge is -2.34. The Morgan fingerprint density at radius 3 is 2.37 bits per heavy atom. The topological polar surface area (TPSA) is 87.2 Å². The second kappa shape index (κ2) is 7.98. The Morgan fingerprint density at radius 1 is 1.07 bits per heavy atom. The Labute approximate surface area is 158 Å². The summed E-state index contributed by atoms with van der Waals surface area (Å²) in [6.45, 7) is 2.86. The van der Waals surface area contributed by atoms with Crippen LogP contribution in [-0.2, 0) is 14.8 Å². The number of nitrogens with zero attached hydrogens (tertiary/aromatic N) is 2. The van der Waals surface area contributed by atoms with Crippen molar-refractivity contribution in [2.45, 2.75) is 11.8 Å². The van der Waals surface area contributed by atoms with E-state index in [1.807, 2.05) is 6.92 Å². The van der Waals surface area contributed by atoms with Gasteiger partial charge in [-0.3, -0.25) is 4.79 Å². The van der Waals surface area contributed by atoms with Crippen LogP contribution in [0.5, 0.6) is 11.5 Å². The molecule has 0 bridgehead atoms. The SMILES string of the molecule is Cc1ccc(S(=O)(=O)N2CCN(C(=O)COc3cccc(O)c3)CC2)cc1. The van der Waals surface area contributed by atoms with Crippen molar-refractivity contribution in [2.75, 3.05) is 32.8 Å². The number of sulfonamides is 1. The molecule has 0 unspecified atom stereocenters. The predicted molar refractivity (Wildman–Crippen MR) is 100 cm³/mol. The highest BCUT2D eigenvalue weighted by Gasteiger charge is 2.30. The van der Waals surface area contributed by atoms with Crippen LogP contribution < -0.4 is 4.74 Å². The third kappa shape index (κ3) is 4.58.